The minimum Gasteiger partial charge on any atom is -0.497 e. The lowest BCUT2D eigenvalue weighted by Gasteiger charge is -2.28. The second-order valence-corrected chi connectivity index (χ2v) is 12.1. The summed E-state index contributed by atoms with van der Waals surface area (Å²) < 4.78 is 49.2. The van der Waals surface area contributed by atoms with E-state index in [-0.39, 0.29) is 6.61 Å². The molecule has 5 rings (SSSR count). The Balaban J connectivity index is 1.44. The summed E-state index contributed by atoms with van der Waals surface area (Å²) in [7, 11) is 1.50. The van der Waals surface area contributed by atoms with Crippen molar-refractivity contribution in [1.82, 2.24) is 0 Å². The average Bonchev–Trinajstić information content (AvgIpc) is 3.10. The van der Waals surface area contributed by atoms with E-state index >= 15 is 0 Å². The fourth-order valence-corrected chi connectivity index (χ4v) is 5.41. The van der Waals surface area contributed by atoms with Gasteiger partial charge in [0.15, 0.2) is 0 Å². The van der Waals surface area contributed by atoms with Gasteiger partial charge in [0.2, 0.25) is 0 Å². The average molecular weight is 655 g/mol. The second kappa shape index (κ2) is 15.4. The highest BCUT2D eigenvalue weighted by Gasteiger charge is 2.17. The molecular formula is C37H38N2O7S. The molecule has 0 aliphatic carbocycles. The number of methoxy groups -OCH3 is 3. The van der Waals surface area contributed by atoms with Gasteiger partial charge in [0.05, 0.1) is 40.8 Å². The number of rotatable bonds is 15. The van der Waals surface area contributed by atoms with Crippen molar-refractivity contribution in [2.24, 2.45) is 0 Å². The molecule has 0 saturated carbocycles. The zero-order chi connectivity index (χ0) is 33.2. The van der Waals surface area contributed by atoms with Crippen LogP contribution in [0.25, 0.3) is 0 Å². The molecular weight excluding hydrogens is 616 g/mol. The highest BCUT2D eigenvalue weighted by atomic mass is 32.2. The van der Waals surface area contributed by atoms with Gasteiger partial charge in [0.1, 0.15) is 23.0 Å². The minimum absolute atomic E-state index is 0.0759. The first-order chi connectivity index (χ1) is 22.8. The summed E-state index contributed by atoms with van der Waals surface area (Å²) in [5.74, 6) is 3.01. The molecule has 0 spiro atoms. The van der Waals surface area contributed by atoms with Crippen LogP contribution in [0.5, 0.6) is 23.0 Å². The van der Waals surface area contributed by atoms with E-state index in [0.29, 0.717) is 18.8 Å². The maximum atomic E-state index is 11.2. The van der Waals surface area contributed by atoms with Gasteiger partial charge in [-0.2, -0.15) is 8.42 Å². The molecule has 0 heterocycles. The summed E-state index contributed by atoms with van der Waals surface area (Å²) in [6.45, 7) is 0.407. The number of anilines is 6. The van der Waals surface area contributed by atoms with Crippen LogP contribution in [-0.2, 0) is 14.3 Å². The Morgan fingerprint density at radius 3 is 1.00 bits per heavy atom. The number of hydrogen-bond acceptors (Lipinski definition) is 9. The molecule has 5 aromatic carbocycles. The lowest BCUT2D eigenvalue weighted by Crippen LogP contribution is -2.12. The first kappa shape index (κ1) is 33.2. The van der Waals surface area contributed by atoms with Crippen LogP contribution in [0, 0.1) is 0 Å². The van der Waals surface area contributed by atoms with Gasteiger partial charge >= 0.3 is 0 Å². The highest BCUT2D eigenvalue weighted by molar-refractivity contribution is 7.85. The zero-order valence-corrected chi connectivity index (χ0v) is 27.6. The van der Waals surface area contributed by atoms with E-state index in [1.54, 1.807) is 21.3 Å². The van der Waals surface area contributed by atoms with E-state index in [9.17, 15) is 8.42 Å². The first-order valence-corrected chi connectivity index (χ1v) is 16.8. The summed E-state index contributed by atoms with van der Waals surface area (Å²) >= 11 is 0. The molecule has 0 atom stereocenters. The molecule has 0 radical (unpaired) electrons. The fourth-order valence-electron chi connectivity index (χ4n) is 4.99. The smallest absolute Gasteiger partial charge is 0.264 e. The van der Waals surface area contributed by atoms with Crippen LogP contribution in [0.1, 0.15) is 6.42 Å². The molecule has 0 bridgehead atoms. The van der Waals surface area contributed by atoms with Gasteiger partial charge < -0.3 is 28.7 Å². The van der Waals surface area contributed by atoms with Crippen molar-refractivity contribution in [1.29, 1.82) is 0 Å². The molecule has 0 N–H and O–H groups in total. The standard InChI is InChI=1S/C37H38N2O7S/c1-42-34-18-10-30(11-19-34)38(31-12-20-35(43-2)21-13-31)28-6-8-29(9-7-28)39(32-14-22-36(44-3)23-15-32)33-16-24-37(25-17-33)45-26-5-27-46-47(4,40)41/h6-25H,5,26-27H2,1-4H3. The van der Waals surface area contributed by atoms with E-state index in [2.05, 4.69) is 34.1 Å². The van der Waals surface area contributed by atoms with Gasteiger partial charge in [-0.3, -0.25) is 4.18 Å². The fraction of sp³-hybridized carbons (Fsp3) is 0.189. The van der Waals surface area contributed by atoms with Crippen LogP contribution in [0.15, 0.2) is 121 Å². The number of nitrogens with zero attached hydrogens (tertiary/aromatic N) is 2. The van der Waals surface area contributed by atoms with Crippen LogP contribution >= 0.6 is 0 Å². The Morgan fingerprint density at radius 2 is 0.723 bits per heavy atom. The van der Waals surface area contributed by atoms with Crippen molar-refractivity contribution < 1.29 is 31.5 Å². The summed E-state index contributed by atoms with van der Waals surface area (Å²) in [5.41, 5.74) is 5.77. The predicted molar refractivity (Wildman–Crippen MR) is 186 cm³/mol. The lowest BCUT2D eigenvalue weighted by molar-refractivity contribution is 0.252. The quantitative estimate of drug-likeness (QED) is 0.0816. The monoisotopic (exact) mass is 654 g/mol. The summed E-state index contributed by atoms with van der Waals surface area (Å²) in [5, 5.41) is 0. The summed E-state index contributed by atoms with van der Waals surface area (Å²) in [4.78, 5) is 4.32. The Kier molecular flexibility index (Phi) is 10.9. The van der Waals surface area contributed by atoms with E-state index in [1.165, 1.54) is 0 Å². The van der Waals surface area contributed by atoms with E-state index < -0.39 is 10.1 Å². The van der Waals surface area contributed by atoms with Crippen molar-refractivity contribution in [3.05, 3.63) is 121 Å². The van der Waals surface area contributed by atoms with Gasteiger partial charge in [-0.25, -0.2) is 0 Å². The summed E-state index contributed by atoms with van der Waals surface area (Å²) in [6.07, 6.45) is 1.48. The van der Waals surface area contributed by atoms with Crippen molar-refractivity contribution >= 4 is 44.2 Å². The SMILES string of the molecule is COc1ccc(N(c2ccc(OC)cc2)c2ccc(N(c3ccc(OC)cc3)c3ccc(OCCCOS(C)(=O)=O)cc3)cc2)cc1. The normalized spacial score (nSPS) is 11.1. The number of ether oxygens (including phenoxy) is 4. The molecule has 0 aromatic heterocycles. The maximum absolute atomic E-state index is 11.2. The van der Waals surface area contributed by atoms with Crippen LogP contribution in [0.2, 0.25) is 0 Å². The van der Waals surface area contributed by atoms with E-state index in [0.717, 1.165) is 57.6 Å². The maximum Gasteiger partial charge on any atom is 0.264 e. The topological polar surface area (TPSA) is 86.8 Å². The second-order valence-electron chi connectivity index (χ2n) is 10.5. The molecule has 0 amide bonds. The highest BCUT2D eigenvalue weighted by Crippen LogP contribution is 2.40. The van der Waals surface area contributed by atoms with Gasteiger partial charge in [-0.1, -0.05) is 0 Å². The van der Waals surface area contributed by atoms with Crippen molar-refractivity contribution in [2.75, 3.05) is 50.6 Å². The Labute approximate surface area is 276 Å². The molecule has 9 nitrogen and oxygen atoms in total. The molecule has 0 aliphatic heterocycles. The van der Waals surface area contributed by atoms with Crippen molar-refractivity contribution in [2.45, 2.75) is 6.42 Å². The third kappa shape index (κ3) is 8.75. The third-order valence-electron chi connectivity index (χ3n) is 7.31. The van der Waals surface area contributed by atoms with Gasteiger partial charge in [0, 0.05) is 40.5 Å². The van der Waals surface area contributed by atoms with Crippen molar-refractivity contribution in [3.63, 3.8) is 0 Å². The Morgan fingerprint density at radius 1 is 0.447 bits per heavy atom. The molecule has 10 heteroatoms. The molecule has 47 heavy (non-hydrogen) atoms. The molecule has 244 valence electrons. The van der Waals surface area contributed by atoms with Gasteiger partial charge in [-0.05, 0) is 121 Å². The molecule has 0 saturated heterocycles. The van der Waals surface area contributed by atoms with E-state index in [1.807, 2.05) is 97.1 Å². The van der Waals surface area contributed by atoms with Crippen LogP contribution in [0.3, 0.4) is 0 Å². The van der Waals surface area contributed by atoms with Crippen molar-refractivity contribution in [3.8, 4) is 23.0 Å². The molecule has 0 fully saturated rings. The molecule has 0 aliphatic rings. The van der Waals surface area contributed by atoms with Crippen LogP contribution < -0.4 is 28.7 Å². The van der Waals surface area contributed by atoms with Crippen LogP contribution in [-0.4, -0.2) is 49.2 Å². The zero-order valence-electron chi connectivity index (χ0n) is 26.8. The summed E-state index contributed by atoms with van der Waals surface area (Å²) in [6, 6.07) is 39.9. The Hall–Kier alpha value is -5.19. The third-order valence-corrected chi connectivity index (χ3v) is 7.90. The Bertz CT molecular complexity index is 1760. The molecule has 5 aromatic rings. The first-order valence-electron chi connectivity index (χ1n) is 15.0. The largest absolute Gasteiger partial charge is 0.497 e. The minimum atomic E-state index is -3.46. The lowest BCUT2D eigenvalue weighted by atomic mass is 10.1. The van der Waals surface area contributed by atoms with Gasteiger partial charge in [0.25, 0.3) is 10.1 Å². The van der Waals surface area contributed by atoms with Crippen LogP contribution in [0.4, 0.5) is 34.1 Å². The predicted octanol–water partition coefficient (Wildman–Crippen LogP) is 8.40. The number of benzene rings is 5. The molecule has 0 unspecified atom stereocenters. The number of hydrogen-bond donors (Lipinski definition) is 0. The van der Waals surface area contributed by atoms with E-state index in [4.69, 9.17) is 23.1 Å². The van der Waals surface area contributed by atoms with Gasteiger partial charge in [-0.15, -0.1) is 0 Å².